The number of aliphatic hydroxyl groups excluding tert-OH is 2. The van der Waals surface area contributed by atoms with Gasteiger partial charge >= 0.3 is 0 Å². The molecule has 29 heavy (non-hydrogen) atoms. The summed E-state index contributed by atoms with van der Waals surface area (Å²) in [6, 6.07) is 22.4. The SMILES string of the molecule is OC[C@H](Cc1ccc(Oc2ccccn2)cc1)NC[C@H](O)COc1ccccc1. The molecule has 0 aliphatic rings. The van der Waals surface area contributed by atoms with E-state index in [4.69, 9.17) is 9.47 Å². The van der Waals surface area contributed by atoms with Crippen molar-refractivity contribution in [3.8, 4) is 17.4 Å². The number of pyridine rings is 1. The summed E-state index contributed by atoms with van der Waals surface area (Å²) in [5.41, 5.74) is 1.06. The van der Waals surface area contributed by atoms with Crippen LogP contribution in [0.3, 0.4) is 0 Å². The van der Waals surface area contributed by atoms with Crippen LogP contribution in [0.5, 0.6) is 17.4 Å². The van der Waals surface area contributed by atoms with E-state index in [9.17, 15) is 10.2 Å². The number of hydrogen-bond acceptors (Lipinski definition) is 6. The molecule has 0 saturated heterocycles. The lowest BCUT2D eigenvalue weighted by Gasteiger charge is -2.19. The molecule has 152 valence electrons. The van der Waals surface area contributed by atoms with E-state index in [0.29, 0.717) is 24.6 Å². The number of para-hydroxylation sites is 1. The molecule has 1 heterocycles. The highest BCUT2D eigenvalue weighted by Gasteiger charge is 2.12. The van der Waals surface area contributed by atoms with E-state index in [-0.39, 0.29) is 19.3 Å². The zero-order chi connectivity index (χ0) is 20.3. The Balaban J connectivity index is 1.43. The average Bonchev–Trinajstić information content (AvgIpc) is 2.78. The Bertz CT molecular complexity index is 829. The normalized spacial score (nSPS) is 12.9. The number of rotatable bonds is 11. The predicted molar refractivity (Wildman–Crippen MR) is 111 cm³/mol. The van der Waals surface area contributed by atoms with Crippen LogP contribution in [0.2, 0.25) is 0 Å². The molecule has 0 saturated carbocycles. The van der Waals surface area contributed by atoms with Crippen molar-refractivity contribution in [1.82, 2.24) is 10.3 Å². The number of nitrogens with one attached hydrogen (secondary N) is 1. The average molecular weight is 394 g/mol. The van der Waals surface area contributed by atoms with Crippen molar-refractivity contribution in [3.63, 3.8) is 0 Å². The molecule has 0 unspecified atom stereocenters. The molecule has 0 amide bonds. The Morgan fingerprint density at radius 1 is 0.897 bits per heavy atom. The minimum absolute atomic E-state index is 0.0293. The summed E-state index contributed by atoms with van der Waals surface area (Å²) < 4.78 is 11.2. The quantitative estimate of drug-likeness (QED) is 0.464. The van der Waals surface area contributed by atoms with Crippen LogP contribution < -0.4 is 14.8 Å². The second-order valence-corrected chi connectivity index (χ2v) is 6.68. The minimum Gasteiger partial charge on any atom is -0.491 e. The Hall–Kier alpha value is -2.93. The smallest absolute Gasteiger partial charge is 0.219 e. The van der Waals surface area contributed by atoms with E-state index >= 15 is 0 Å². The Labute approximate surface area is 170 Å². The van der Waals surface area contributed by atoms with E-state index in [1.165, 1.54) is 0 Å². The topological polar surface area (TPSA) is 83.8 Å². The van der Waals surface area contributed by atoms with Crippen molar-refractivity contribution in [2.75, 3.05) is 19.8 Å². The van der Waals surface area contributed by atoms with Gasteiger partial charge in [0.25, 0.3) is 0 Å². The lowest BCUT2D eigenvalue weighted by atomic mass is 10.1. The van der Waals surface area contributed by atoms with Crippen molar-refractivity contribution in [2.45, 2.75) is 18.6 Å². The van der Waals surface area contributed by atoms with Crippen molar-refractivity contribution in [3.05, 3.63) is 84.6 Å². The van der Waals surface area contributed by atoms with Gasteiger partial charge in [-0.1, -0.05) is 36.4 Å². The van der Waals surface area contributed by atoms with Gasteiger partial charge in [-0.3, -0.25) is 0 Å². The Morgan fingerprint density at radius 3 is 2.34 bits per heavy atom. The first-order valence-electron chi connectivity index (χ1n) is 9.61. The third kappa shape index (κ3) is 7.19. The van der Waals surface area contributed by atoms with E-state index in [0.717, 1.165) is 11.3 Å². The van der Waals surface area contributed by atoms with Crippen LogP contribution in [0.25, 0.3) is 0 Å². The fourth-order valence-electron chi connectivity index (χ4n) is 2.78. The molecule has 3 aromatic rings. The highest BCUT2D eigenvalue weighted by atomic mass is 16.5. The number of aliphatic hydroxyl groups is 2. The zero-order valence-corrected chi connectivity index (χ0v) is 16.1. The van der Waals surface area contributed by atoms with E-state index in [2.05, 4.69) is 10.3 Å². The highest BCUT2D eigenvalue weighted by molar-refractivity contribution is 5.30. The molecule has 2 atom stereocenters. The lowest BCUT2D eigenvalue weighted by Crippen LogP contribution is -2.41. The van der Waals surface area contributed by atoms with Crippen LogP contribution in [-0.2, 0) is 6.42 Å². The highest BCUT2D eigenvalue weighted by Crippen LogP contribution is 2.19. The number of hydrogen-bond donors (Lipinski definition) is 3. The molecular weight excluding hydrogens is 368 g/mol. The molecule has 6 heteroatoms. The number of benzene rings is 2. The van der Waals surface area contributed by atoms with Gasteiger partial charge in [-0.15, -0.1) is 0 Å². The molecule has 1 aromatic heterocycles. The predicted octanol–water partition coefficient (Wildman–Crippen LogP) is 2.81. The number of aromatic nitrogens is 1. The third-order valence-corrected chi connectivity index (χ3v) is 4.31. The summed E-state index contributed by atoms with van der Waals surface area (Å²) in [6.45, 7) is 0.492. The van der Waals surface area contributed by atoms with Gasteiger partial charge in [0.2, 0.25) is 5.88 Å². The summed E-state index contributed by atoms with van der Waals surface area (Å²) in [7, 11) is 0. The van der Waals surface area contributed by atoms with Crippen molar-refractivity contribution in [1.29, 1.82) is 0 Å². The summed E-state index contributed by atoms with van der Waals surface area (Å²) in [6.07, 6.45) is 1.64. The molecule has 0 aliphatic carbocycles. The first-order valence-corrected chi connectivity index (χ1v) is 9.61. The molecule has 0 radical (unpaired) electrons. The van der Waals surface area contributed by atoms with Gasteiger partial charge in [0.1, 0.15) is 24.2 Å². The fraction of sp³-hybridized carbons (Fsp3) is 0.261. The van der Waals surface area contributed by atoms with Crippen molar-refractivity contribution >= 4 is 0 Å². The Morgan fingerprint density at radius 2 is 1.66 bits per heavy atom. The second kappa shape index (κ2) is 11.2. The van der Waals surface area contributed by atoms with Gasteiger partial charge in [0.05, 0.1) is 6.61 Å². The maximum Gasteiger partial charge on any atom is 0.219 e. The van der Waals surface area contributed by atoms with E-state index in [1.807, 2.05) is 66.7 Å². The van der Waals surface area contributed by atoms with Crippen molar-refractivity contribution < 1.29 is 19.7 Å². The number of nitrogens with zero attached hydrogens (tertiary/aromatic N) is 1. The van der Waals surface area contributed by atoms with Crippen LogP contribution in [0.4, 0.5) is 0 Å². The minimum atomic E-state index is -0.668. The zero-order valence-electron chi connectivity index (χ0n) is 16.1. The van der Waals surface area contributed by atoms with Gasteiger partial charge in [0, 0.05) is 24.8 Å². The summed E-state index contributed by atoms with van der Waals surface area (Å²) in [5.74, 6) is 1.97. The molecule has 6 nitrogen and oxygen atoms in total. The molecule has 0 aliphatic heterocycles. The molecular formula is C23H26N2O4. The number of ether oxygens (including phenoxy) is 2. The van der Waals surface area contributed by atoms with Crippen molar-refractivity contribution in [2.24, 2.45) is 0 Å². The standard InChI is InChI=1S/C23H26N2O4/c26-16-19(25-15-20(27)17-28-21-6-2-1-3-7-21)14-18-9-11-22(12-10-18)29-23-8-4-5-13-24-23/h1-13,19-20,25-27H,14-17H2/t19-,20-/m0/s1. The van der Waals surface area contributed by atoms with Crippen LogP contribution in [0.1, 0.15) is 5.56 Å². The second-order valence-electron chi connectivity index (χ2n) is 6.68. The summed E-state index contributed by atoms with van der Waals surface area (Å²) >= 11 is 0. The molecule has 0 fully saturated rings. The van der Waals surface area contributed by atoms with Crippen LogP contribution in [0.15, 0.2) is 79.0 Å². The first-order chi connectivity index (χ1) is 14.2. The van der Waals surface area contributed by atoms with Crippen LogP contribution >= 0.6 is 0 Å². The molecule has 3 rings (SSSR count). The maximum atomic E-state index is 10.1. The van der Waals surface area contributed by atoms with Gasteiger partial charge in [-0.05, 0) is 42.3 Å². The van der Waals surface area contributed by atoms with Gasteiger partial charge in [-0.25, -0.2) is 4.98 Å². The van der Waals surface area contributed by atoms with E-state index in [1.54, 1.807) is 12.3 Å². The molecule has 0 bridgehead atoms. The monoisotopic (exact) mass is 394 g/mol. The van der Waals surface area contributed by atoms with Crippen LogP contribution in [0, 0.1) is 0 Å². The first kappa shape index (κ1) is 20.8. The maximum absolute atomic E-state index is 10.1. The molecule has 2 aromatic carbocycles. The fourth-order valence-corrected chi connectivity index (χ4v) is 2.78. The summed E-state index contributed by atoms with van der Waals surface area (Å²) in [5, 5.41) is 22.9. The molecule has 3 N–H and O–H groups in total. The largest absolute Gasteiger partial charge is 0.491 e. The van der Waals surface area contributed by atoms with E-state index < -0.39 is 6.10 Å². The third-order valence-electron chi connectivity index (χ3n) is 4.31. The molecule has 0 spiro atoms. The summed E-state index contributed by atoms with van der Waals surface area (Å²) in [4.78, 5) is 4.13. The lowest BCUT2D eigenvalue weighted by molar-refractivity contribution is 0.0997. The van der Waals surface area contributed by atoms with Gasteiger partial charge in [0.15, 0.2) is 0 Å². The Kier molecular flexibility index (Phi) is 8.01. The van der Waals surface area contributed by atoms with Gasteiger partial charge in [-0.2, -0.15) is 0 Å². The van der Waals surface area contributed by atoms with Crippen LogP contribution in [-0.4, -0.2) is 47.1 Å². The van der Waals surface area contributed by atoms with Gasteiger partial charge < -0.3 is 25.0 Å².